The van der Waals surface area contributed by atoms with Crippen molar-refractivity contribution in [3.8, 4) is 0 Å². The zero-order valence-corrected chi connectivity index (χ0v) is 21.4. The normalized spacial score (nSPS) is 12.5. The van der Waals surface area contributed by atoms with Crippen LogP contribution in [0.15, 0.2) is 91.2 Å². The summed E-state index contributed by atoms with van der Waals surface area (Å²) in [4.78, 5) is 33.8. The fraction of sp³-hybridized carbons (Fsp3) is 0.133. The average molecular weight is 546 g/mol. The van der Waals surface area contributed by atoms with E-state index in [1.807, 2.05) is 0 Å². The monoisotopic (exact) mass is 545 g/mol. The summed E-state index contributed by atoms with van der Waals surface area (Å²) in [6.07, 6.45) is 7.44. The summed E-state index contributed by atoms with van der Waals surface area (Å²) in [6.45, 7) is 2.45. The molecule has 2 amide bonds. The average Bonchev–Trinajstić information content (AvgIpc) is 3.27. The van der Waals surface area contributed by atoms with Crippen molar-refractivity contribution in [1.29, 1.82) is 0 Å². The highest BCUT2D eigenvalue weighted by Crippen LogP contribution is 2.24. The number of halogens is 3. The Morgan fingerprint density at radius 1 is 1.10 bits per heavy atom. The van der Waals surface area contributed by atoms with Crippen LogP contribution < -0.4 is 11.1 Å². The number of rotatable bonds is 11. The number of alkyl halides is 1. The first-order chi connectivity index (χ1) is 19.3. The van der Waals surface area contributed by atoms with E-state index in [4.69, 9.17) is 5.73 Å². The van der Waals surface area contributed by atoms with Gasteiger partial charge < -0.3 is 15.6 Å². The molecule has 0 saturated carbocycles. The summed E-state index contributed by atoms with van der Waals surface area (Å²) in [5.74, 6) is -2.60. The molecular weight excluding hydrogens is 519 g/mol. The van der Waals surface area contributed by atoms with E-state index < -0.39 is 36.2 Å². The number of aromatic nitrogens is 3. The van der Waals surface area contributed by atoms with E-state index in [1.165, 1.54) is 41.1 Å². The Morgan fingerprint density at radius 3 is 2.55 bits per heavy atom. The van der Waals surface area contributed by atoms with Crippen molar-refractivity contribution >= 4 is 28.9 Å². The minimum absolute atomic E-state index is 0.00983. The molecule has 40 heavy (non-hydrogen) atoms. The molecule has 2 aromatic carbocycles. The number of carbonyl (C=O) groups is 2. The zero-order valence-electron chi connectivity index (χ0n) is 21.4. The topological polar surface area (TPSA) is 103 Å². The molecule has 2 aromatic heterocycles. The van der Waals surface area contributed by atoms with Crippen LogP contribution in [-0.2, 0) is 29.2 Å². The summed E-state index contributed by atoms with van der Waals surface area (Å²) in [5.41, 5.74) is 7.93. The molecule has 0 saturated heterocycles. The molecule has 1 atom stereocenters. The van der Waals surface area contributed by atoms with E-state index in [0.29, 0.717) is 22.3 Å². The number of nitrogens with zero attached hydrogens (tertiary/aromatic N) is 3. The molecule has 0 fully saturated rings. The lowest BCUT2D eigenvalue weighted by atomic mass is 9.98. The predicted molar refractivity (Wildman–Crippen MR) is 146 cm³/mol. The van der Waals surface area contributed by atoms with Crippen LogP contribution in [-0.4, -0.2) is 26.3 Å². The molecule has 0 aliphatic heterocycles. The van der Waals surface area contributed by atoms with Gasteiger partial charge in [0.25, 0.3) is 0 Å². The molecular formula is C30H26F3N5O2. The third kappa shape index (κ3) is 6.71. The fourth-order valence-corrected chi connectivity index (χ4v) is 4.36. The number of hydrogen-bond acceptors (Lipinski definition) is 4. The van der Waals surface area contributed by atoms with Gasteiger partial charge in [-0.15, -0.1) is 0 Å². The number of pyridine rings is 1. The number of fused-ring (bicyclic) bond motifs is 1. The van der Waals surface area contributed by atoms with Gasteiger partial charge in [-0.05, 0) is 54.0 Å². The second-order valence-electron chi connectivity index (χ2n) is 8.87. The summed E-state index contributed by atoms with van der Waals surface area (Å²) >= 11 is 0. The summed E-state index contributed by atoms with van der Waals surface area (Å²) < 4.78 is 43.2. The van der Waals surface area contributed by atoms with Crippen LogP contribution in [0.1, 0.15) is 28.7 Å². The highest BCUT2D eigenvalue weighted by molar-refractivity contribution is 5.96. The van der Waals surface area contributed by atoms with Crippen molar-refractivity contribution in [1.82, 2.24) is 19.9 Å². The van der Waals surface area contributed by atoms with Crippen LogP contribution in [0.4, 0.5) is 13.2 Å². The van der Waals surface area contributed by atoms with E-state index in [0.717, 1.165) is 6.07 Å². The Morgan fingerprint density at radius 2 is 1.85 bits per heavy atom. The van der Waals surface area contributed by atoms with Crippen molar-refractivity contribution in [2.45, 2.75) is 25.7 Å². The number of nitrogens with one attached hydrogen (secondary N) is 1. The zero-order chi connectivity index (χ0) is 28.6. The Balaban J connectivity index is 1.70. The molecule has 0 radical (unpaired) electrons. The quantitative estimate of drug-likeness (QED) is 0.207. The minimum atomic E-state index is -0.871. The van der Waals surface area contributed by atoms with Crippen molar-refractivity contribution in [2.75, 3.05) is 0 Å². The van der Waals surface area contributed by atoms with Crippen LogP contribution in [0.2, 0.25) is 0 Å². The Bertz CT molecular complexity index is 1610. The molecule has 204 valence electrons. The van der Waals surface area contributed by atoms with Gasteiger partial charge in [0.2, 0.25) is 11.8 Å². The van der Waals surface area contributed by atoms with Gasteiger partial charge in [0.05, 0.1) is 22.8 Å². The molecule has 3 N–H and O–H groups in total. The summed E-state index contributed by atoms with van der Waals surface area (Å²) in [5, 5.41) is 2.88. The molecule has 7 nitrogen and oxygen atoms in total. The van der Waals surface area contributed by atoms with Gasteiger partial charge in [-0.3, -0.25) is 14.6 Å². The van der Waals surface area contributed by atoms with Crippen molar-refractivity contribution in [2.24, 2.45) is 5.73 Å². The molecule has 4 rings (SSSR count). The predicted octanol–water partition coefficient (Wildman–Crippen LogP) is 4.89. The standard InChI is InChI=1S/C30H26F3N5O2/c1-2-6-21(30(34)40)11-10-20-7-5-12-35-29(20)25(15-19-13-22(32)16-23(33)14-19)37-28(39)18-38-26-9-4-3-8-24(26)36-27(38)17-31/h2-14,16,25H,1,15,17-18H2,(H2,34,40)(H,37,39)/b11-10+,21-6+/t25-/m0/s1. The first-order valence-corrected chi connectivity index (χ1v) is 12.3. The van der Waals surface area contributed by atoms with E-state index in [-0.39, 0.29) is 29.9 Å². The Kier molecular flexibility index (Phi) is 8.90. The molecule has 4 aromatic rings. The number of nitrogens with two attached hydrogens (primary N) is 1. The second-order valence-corrected chi connectivity index (χ2v) is 8.87. The van der Waals surface area contributed by atoms with Gasteiger partial charge in [-0.1, -0.05) is 43.0 Å². The van der Waals surface area contributed by atoms with Gasteiger partial charge in [0.15, 0.2) is 0 Å². The number of amides is 2. The SMILES string of the molecule is C=C/C=C(\C=C\c1cccnc1[C@H](Cc1cc(F)cc(F)c1)NC(=O)Cn1c(CF)nc2ccccc21)C(N)=O. The first-order valence-electron chi connectivity index (χ1n) is 12.3. The van der Waals surface area contributed by atoms with Gasteiger partial charge in [-0.2, -0.15) is 0 Å². The van der Waals surface area contributed by atoms with Crippen LogP contribution in [0.3, 0.4) is 0 Å². The number of imidazole rings is 1. The highest BCUT2D eigenvalue weighted by atomic mass is 19.1. The summed E-state index contributed by atoms with van der Waals surface area (Å²) in [6, 6.07) is 12.6. The molecule has 0 unspecified atom stereocenters. The molecule has 10 heteroatoms. The number of hydrogen-bond donors (Lipinski definition) is 2. The van der Waals surface area contributed by atoms with E-state index in [1.54, 1.807) is 42.5 Å². The molecule has 0 aliphatic rings. The summed E-state index contributed by atoms with van der Waals surface area (Å²) in [7, 11) is 0. The first kappa shape index (κ1) is 28.0. The maximum absolute atomic E-state index is 14.0. The molecule has 2 heterocycles. The Labute approximate surface area is 228 Å². The third-order valence-electron chi connectivity index (χ3n) is 6.08. The Hall–Kier alpha value is -4.99. The van der Waals surface area contributed by atoms with Crippen molar-refractivity contribution in [3.63, 3.8) is 0 Å². The number of carbonyl (C=O) groups excluding carboxylic acids is 2. The van der Waals surface area contributed by atoms with Gasteiger partial charge in [0, 0.05) is 17.8 Å². The van der Waals surface area contributed by atoms with Gasteiger partial charge in [-0.25, -0.2) is 18.2 Å². The number of primary amides is 1. The van der Waals surface area contributed by atoms with Crippen LogP contribution in [0, 0.1) is 11.6 Å². The van der Waals surface area contributed by atoms with Gasteiger partial charge >= 0.3 is 0 Å². The number of allylic oxidation sites excluding steroid dienone is 2. The van der Waals surface area contributed by atoms with E-state index in [9.17, 15) is 22.8 Å². The van der Waals surface area contributed by atoms with Crippen LogP contribution in [0.5, 0.6) is 0 Å². The lowest BCUT2D eigenvalue weighted by Crippen LogP contribution is -2.34. The number of benzene rings is 2. The molecule has 0 aliphatic carbocycles. The molecule has 0 bridgehead atoms. The second kappa shape index (κ2) is 12.7. The van der Waals surface area contributed by atoms with Crippen LogP contribution in [0.25, 0.3) is 17.1 Å². The smallest absolute Gasteiger partial charge is 0.248 e. The third-order valence-corrected chi connectivity index (χ3v) is 6.08. The largest absolute Gasteiger partial charge is 0.366 e. The van der Waals surface area contributed by atoms with E-state index in [2.05, 4.69) is 21.9 Å². The maximum Gasteiger partial charge on any atom is 0.248 e. The highest BCUT2D eigenvalue weighted by Gasteiger charge is 2.22. The molecule has 0 spiro atoms. The van der Waals surface area contributed by atoms with E-state index >= 15 is 0 Å². The van der Waals surface area contributed by atoms with Crippen LogP contribution >= 0.6 is 0 Å². The lowest BCUT2D eigenvalue weighted by Gasteiger charge is -2.21. The maximum atomic E-state index is 14.0. The number of para-hydroxylation sites is 2. The lowest BCUT2D eigenvalue weighted by molar-refractivity contribution is -0.122. The van der Waals surface area contributed by atoms with Gasteiger partial charge in [0.1, 0.15) is 30.7 Å². The fourth-order valence-electron chi connectivity index (χ4n) is 4.36. The van der Waals surface area contributed by atoms with Crippen molar-refractivity contribution < 1.29 is 22.8 Å². The van der Waals surface area contributed by atoms with Crippen molar-refractivity contribution in [3.05, 3.63) is 125 Å². The minimum Gasteiger partial charge on any atom is -0.366 e.